The lowest BCUT2D eigenvalue weighted by atomic mass is 10.2. The quantitative estimate of drug-likeness (QED) is 0.869. The summed E-state index contributed by atoms with van der Waals surface area (Å²) in [7, 11) is 0. The third-order valence-corrected chi connectivity index (χ3v) is 2.43. The summed E-state index contributed by atoms with van der Waals surface area (Å²) in [5.41, 5.74) is 0.626. The van der Waals surface area contributed by atoms with E-state index in [0.717, 1.165) is 4.47 Å². The van der Waals surface area contributed by atoms with Gasteiger partial charge in [0.15, 0.2) is 5.82 Å². The van der Waals surface area contributed by atoms with E-state index in [9.17, 15) is 4.79 Å². The number of nitrogens with one attached hydrogen (secondary N) is 1. The van der Waals surface area contributed by atoms with Crippen LogP contribution in [0, 0.1) is 0 Å². The molecule has 2 aromatic rings. The van der Waals surface area contributed by atoms with Crippen molar-refractivity contribution in [1.29, 1.82) is 0 Å². The van der Waals surface area contributed by atoms with Crippen LogP contribution < -0.4 is 5.76 Å². The zero-order valence-electron chi connectivity index (χ0n) is 6.75. The molecular weight excluding hydrogens is 271 g/mol. The van der Waals surface area contributed by atoms with Gasteiger partial charge in [0.25, 0.3) is 0 Å². The monoisotopic (exact) mass is 274 g/mol. The number of benzene rings is 1. The summed E-state index contributed by atoms with van der Waals surface area (Å²) < 4.78 is 5.23. The molecule has 72 valence electrons. The molecule has 0 fully saturated rings. The molecule has 0 saturated heterocycles. The Labute approximate surface area is 92.0 Å². The highest BCUT2D eigenvalue weighted by Gasteiger charge is 2.08. The molecule has 4 nitrogen and oxygen atoms in total. The number of hydrogen-bond acceptors (Lipinski definition) is 3. The first kappa shape index (κ1) is 9.48. The van der Waals surface area contributed by atoms with Crippen LogP contribution in [-0.4, -0.2) is 10.1 Å². The lowest BCUT2D eigenvalue weighted by molar-refractivity contribution is 0.388. The summed E-state index contributed by atoms with van der Waals surface area (Å²) in [6.07, 6.45) is 0. The average molecular weight is 275 g/mol. The number of nitrogens with zero attached hydrogens (tertiary/aromatic N) is 1. The first-order valence-corrected chi connectivity index (χ1v) is 4.85. The van der Waals surface area contributed by atoms with Crippen molar-refractivity contribution >= 4 is 27.5 Å². The van der Waals surface area contributed by atoms with Gasteiger partial charge in [-0.25, -0.2) is 4.79 Å². The van der Waals surface area contributed by atoms with E-state index in [2.05, 4.69) is 30.6 Å². The number of H-pyrrole nitrogens is 1. The zero-order chi connectivity index (χ0) is 10.1. The maximum Gasteiger partial charge on any atom is 0.439 e. The van der Waals surface area contributed by atoms with Gasteiger partial charge >= 0.3 is 5.76 Å². The molecule has 1 aromatic heterocycles. The van der Waals surface area contributed by atoms with Crippen LogP contribution in [0.25, 0.3) is 11.4 Å². The summed E-state index contributed by atoms with van der Waals surface area (Å²) in [4.78, 5) is 13.1. The van der Waals surface area contributed by atoms with Crippen LogP contribution in [0.1, 0.15) is 0 Å². The first-order chi connectivity index (χ1) is 6.66. The van der Waals surface area contributed by atoms with Crippen LogP contribution in [-0.2, 0) is 0 Å². The Kier molecular flexibility index (Phi) is 2.43. The molecular formula is C8H4BrClN2O2. The van der Waals surface area contributed by atoms with Crippen LogP contribution in [0.15, 0.2) is 32.0 Å². The van der Waals surface area contributed by atoms with Gasteiger partial charge in [0.1, 0.15) is 0 Å². The maximum absolute atomic E-state index is 10.7. The minimum absolute atomic E-state index is 0.326. The van der Waals surface area contributed by atoms with Gasteiger partial charge in [0.2, 0.25) is 0 Å². The highest BCUT2D eigenvalue weighted by atomic mass is 79.9. The van der Waals surface area contributed by atoms with E-state index >= 15 is 0 Å². The molecule has 6 heteroatoms. The van der Waals surface area contributed by atoms with E-state index in [1.807, 2.05) is 0 Å². The van der Waals surface area contributed by atoms with Crippen molar-refractivity contribution in [1.82, 2.24) is 10.1 Å². The maximum atomic E-state index is 10.7. The van der Waals surface area contributed by atoms with E-state index in [-0.39, 0.29) is 0 Å². The lowest BCUT2D eigenvalue weighted by Crippen LogP contribution is -1.94. The van der Waals surface area contributed by atoms with Gasteiger partial charge in [-0.2, -0.15) is 0 Å². The van der Waals surface area contributed by atoms with Crippen molar-refractivity contribution in [3.8, 4) is 11.4 Å². The van der Waals surface area contributed by atoms with Crippen molar-refractivity contribution in [3.05, 3.63) is 38.2 Å². The minimum atomic E-state index is -0.598. The van der Waals surface area contributed by atoms with Crippen molar-refractivity contribution < 1.29 is 4.52 Å². The van der Waals surface area contributed by atoms with E-state index < -0.39 is 5.76 Å². The normalized spacial score (nSPS) is 10.4. The third-order valence-electron chi connectivity index (χ3n) is 1.63. The molecule has 0 unspecified atom stereocenters. The van der Waals surface area contributed by atoms with Gasteiger partial charge in [0.05, 0.1) is 5.02 Å². The topological polar surface area (TPSA) is 58.9 Å². The molecule has 0 amide bonds. The Morgan fingerprint density at radius 2 is 2.29 bits per heavy atom. The second-order valence-electron chi connectivity index (χ2n) is 2.57. The number of aromatic nitrogens is 2. The van der Waals surface area contributed by atoms with Gasteiger partial charge < -0.3 is 0 Å². The first-order valence-electron chi connectivity index (χ1n) is 3.68. The van der Waals surface area contributed by atoms with Gasteiger partial charge in [-0.15, -0.1) is 0 Å². The summed E-state index contributed by atoms with van der Waals surface area (Å²) in [5.74, 6) is -0.272. The van der Waals surface area contributed by atoms with Crippen LogP contribution in [0.4, 0.5) is 0 Å². The Hall–Kier alpha value is -1.07. The second-order valence-corrected chi connectivity index (χ2v) is 3.89. The van der Waals surface area contributed by atoms with E-state index in [1.54, 1.807) is 18.2 Å². The minimum Gasteiger partial charge on any atom is -0.296 e. The van der Waals surface area contributed by atoms with E-state index in [4.69, 9.17) is 11.6 Å². The van der Waals surface area contributed by atoms with Crippen molar-refractivity contribution in [2.75, 3.05) is 0 Å². The molecule has 14 heavy (non-hydrogen) atoms. The van der Waals surface area contributed by atoms with Gasteiger partial charge in [-0.05, 0) is 18.2 Å². The fraction of sp³-hybridized carbons (Fsp3) is 0. The summed E-state index contributed by atoms with van der Waals surface area (Å²) in [6.45, 7) is 0. The van der Waals surface area contributed by atoms with E-state index in [1.165, 1.54) is 0 Å². The molecule has 0 spiro atoms. The summed E-state index contributed by atoms with van der Waals surface area (Å²) >= 11 is 9.21. The molecule has 0 aliphatic carbocycles. The molecule has 0 saturated carbocycles. The number of rotatable bonds is 1. The molecule has 2 rings (SSSR count). The second kappa shape index (κ2) is 3.59. The molecule has 1 aromatic carbocycles. The third kappa shape index (κ3) is 1.73. The Morgan fingerprint density at radius 1 is 1.50 bits per heavy atom. The smallest absolute Gasteiger partial charge is 0.296 e. The van der Waals surface area contributed by atoms with Crippen molar-refractivity contribution in [3.63, 3.8) is 0 Å². The molecule has 0 atom stereocenters. The highest BCUT2D eigenvalue weighted by molar-refractivity contribution is 9.10. The highest BCUT2D eigenvalue weighted by Crippen LogP contribution is 2.27. The van der Waals surface area contributed by atoms with Gasteiger partial charge in [0, 0.05) is 10.0 Å². The van der Waals surface area contributed by atoms with E-state index in [0.29, 0.717) is 16.4 Å². The Morgan fingerprint density at radius 3 is 2.86 bits per heavy atom. The summed E-state index contributed by atoms with van der Waals surface area (Å²) in [5, 5.41) is 4.02. The Balaban J connectivity index is 2.57. The predicted octanol–water partition coefficient (Wildman–Crippen LogP) is 2.45. The fourth-order valence-electron chi connectivity index (χ4n) is 1.03. The van der Waals surface area contributed by atoms with Crippen LogP contribution >= 0.6 is 27.5 Å². The molecule has 1 N–H and O–H groups in total. The number of aromatic amines is 1. The van der Waals surface area contributed by atoms with Crippen molar-refractivity contribution in [2.24, 2.45) is 0 Å². The van der Waals surface area contributed by atoms with Crippen LogP contribution in [0.2, 0.25) is 5.02 Å². The zero-order valence-corrected chi connectivity index (χ0v) is 9.09. The predicted molar refractivity (Wildman–Crippen MR) is 55.3 cm³/mol. The average Bonchev–Trinajstić information content (AvgIpc) is 2.51. The molecule has 0 aliphatic heterocycles. The fourth-order valence-corrected chi connectivity index (χ4v) is 1.79. The standard InChI is InChI=1S/C8H4BrClN2O2/c9-4-1-2-5(6(10)3-4)7-11-8(13)14-12-7/h1-3H,(H,11,12,13). The summed E-state index contributed by atoms with van der Waals surface area (Å²) in [6, 6.07) is 5.25. The molecule has 1 heterocycles. The lowest BCUT2D eigenvalue weighted by Gasteiger charge is -1.98. The number of hydrogen-bond donors (Lipinski definition) is 1. The number of halogens is 2. The van der Waals surface area contributed by atoms with Crippen molar-refractivity contribution in [2.45, 2.75) is 0 Å². The van der Waals surface area contributed by atoms with Gasteiger partial charge in [-0.1, -0.05) is 32.7 Å². The van der Waals surface area contributed by atoms with Crippen LogP contribution in [0.3, 0.4) is 0 Å². The van der Waals surface area contributed by atoms with Gasteiger partial charge in [-0.3, -0.25) is 9.51 Å². The molecule has 0 radical (unpaired) electrons. The molecule has 0 bridgehead atoms. The Bertz CT molecular complexity index is 520. The van der Waals surface area contributed by atoms with Crippen LogP contribution in [0.5, 0.6) is 0 Å². The SMILES string of the molecule is O=c1[nH]c(-c2ccc(Br)cc2Cl)no1. The molecule has 0 aliphatic rings. The largest absolute Gasteiger partial charge is 0.439 e.